The molecule has 1 atom stereocenters. The van der Waals surface area contributed by atoms with Gasteiger partial charge in [0.1, 0.15) is 0 Å². The zero-order valence-corrected chi connectivity index (χ0v) is 18.3. The van der Waals surface area contributed by atoms with Gasteiger partial charge in [-0.1, -0.05) is 30.3 Å². The zero-order valence-electron chi connectivity index (χ0n) is 18.3. The average molecular weight is 403 g/mol. The Hall–Kier alpha value is -2.43. The lowest BCUT2D eigenvalue weighted by Gasteiger charge is -2.42. The van der Waals surface area contributed by atoms with Crippen LogP contribution in [0.25, 0.3) is 10.8 Å². The molecule has 1 fully saturated rings. The molecule has 3 aromatic rings. The van der Waals surface area contributed by atoms with E-state index in [1.54, 1.807) is 0 Å². The van der Waals surface area contributed by atoms with Crippen molar-refractivity contribution in [2.75, 3.05) is 24.5 Å². The monoisotopic (exact) mass is 402 g/mol. The highest BCUT2D eigenvalue weighted by atomic mass is 15.2. The third-order valence-corrected chi connectivity index (χ3v) is 6.70. The van der Waals surface area contributed by atoms with Crippen molar-refractivity contribution in [1.29, 1.82) is 0 Å². The van der Waals surface area contributed by atoms with E-state index in [1.807, 2.05) is 12.4 Å². The summed E-state index contributed by atoms with van der Waals surface area (Å²) in [7, 11) is 0. The van der Waals surface area contributed by atoms with Crippen LogP contribution in [-0.4, -0.2) is 41.6 Å². The van der Waals surface area contributed by atoms with Crippen molar-refractivity contribution in [3.63, 3.8) is 0 Å². The van der Waals surface area contributed by atoms with Crippen molar-refractivity contribution in [1.82, 2.24) is 9.88 Å². The Morgan fingerprint density at radius 2 is 1.87 bits per heavy atom. The Labute approximate surface area is 180 Å². The second-order valence-electron chi connectivity index (χ2n) is 8.66. The first kappa shape index (κ1) is 20.8. The van der Waals surface area contributed by atoms with E-state index in [0.717, 1.165) is 32.6 Å². The summed E-state index contributed by atoms with van der Waals surface area (Å²) in [5, 5.41) is 2.60. The fraction of sp³-hybridized carbons (Fsp3) is 0.423. The molecule has 2 N–H and O–H groups in total. The number of benzene rings is 2. The maximum atomic E-state index is 5.79. The van der Waals surface area contributed by atoms with Gasteiger partial charge in [-0.2, -0.15) is 0 Å². The predicted octanol–water partition coefficient (Wildman–Crippen LogP) is 4.75. The summed E-state index contributed by atoms with van der Waals surface area (Å²) >= 11 is 0. The van der Waals surface area contributed by atoms with E-state index in [2.05, 4.69) is 77.2 Å². The Morgan fingerprint density at radius 1 is 1.10 bits per heavy atom. The van der Waals surface area contributed by atoms with Gasteiger partial charge in [0, 0.05) is 49.8 Å². The number of aryl methyl sites for hydroxylation is 1. The van der Waals surface area contributed by atoms with Crippen LogP contribution in [0.2, 0.25) is 0 Å². The van der Waals surface area contributed by atoms with Gasteiger partial charge < -0.3 is 15.5 Å². The van der Waals surface area contributed by atoms with Crippen LogP contribution in [0, 0.1) is 6.92 Å². The summed E-state index contributed by atoms with van der Waals surface area (Å²) in [6.07, 6.45) is 7.36. The first-order valence-electron chi connectivity index (χ1n) is 11.2. The van der Waals surface area contributed by atoms with Gasteiger partial charge in [0.25, 0.3) is 0 Å². The molecule has 2 aromatic carbocycles. The smallest absolute Gasteiger partial charge is 0.0450 e. The number of aromatic nitrogens is 1. The molecule has 1 aliphatic heterocycles. The van der Waals surface area contributed by atoms with Gasteiger partial charge in [-0.25, -0.2) is 0 Å². The van der Waals surface area contributed by atoms with E-state index in [4.69, 9.17) is 5.73 Å². The van der Waals surface area contributed by atoms with Crippen LogP contribution in [0.4, 0.5) is 5.69 Å². The van der Waals surface area contributed by atoms with E-state index in [1.165, 1.54) is 40.4 Å². The largest absolute Gasteiger partial charge is 0.364 e. The lowest BCUT2D eigenvalue weighted by atomic mass is 9.98. The van der Waals surface area contributed by atoms with Gasteiger partial charge in [-0.3, -0.25) is 4.98 Å². The molecular formula is C26H34N4. The van der Waals surface area contributed by atoms with Crippen LogP contribution < -0.4 is 10.6 Å². The van der Waals surface area contributed by atoms with Crippen molar-refractivity contribution >= 4 is 16.5 Å². The molecule has 4 rings (SSSR count). The van der Waals surface area contributed by atoms with Crippen LogP contribution in [0.3, 0.4) is 0 Å². The standard InChI is InChI=1S/C26H34N4/c1-20-10-14-28-18-24(20)19-30(25-11-15-29(16-12-25)21(2)9-13-27)26-8-7-22-5-3-4-6-23(22)17-26/h3-8,10,14,17-18,21,25H,9,11-13,15-16,19,27H2,1-2H3. The van der Waals surface area contributed by atoms with Gasteiger partial charge in [-0.15, -0.1) is 0 Å². The molecule has 1 unspecified atom stereocenters. The van der Waals surface area contributed by atoms with Gasteiger partial charge in [0.15, 0.2) is 0 Å². The highest BCUT2D eigenvalue weighted by molar-refractivity contribution is 5.85. The van der Waals surface area contributed by atoms with Crippen molar-refractivity contribution in [3.05, 3.63) is 72.1 Å². The minimum absolute atomic E-state index is 0.534. The van der Waals surface area contributed by atoms with Gasteiger partial charge in [0.05, 0.1) is 0 Å². The number of rotatable bonds is 7. The molecule has 1 saturated heterocycles. The Kier molecular flexibility index (Phi) is 6.66. The number of likely N-dealkylation sites (tertiary alicyclic amines) is 1. The number of pyridine rings is 1. The lowest BCUT2D eigenvalue weighted by molar-refractivity contribution is 0.154. The third kappa shape index (κ3) is 4.66. The van der Waals surface area contributed by atoms with E-state index in [0.29, 0.717) is 12.1 Å². The number of anilines is 1. The number of fused-ring (bicyclic) bond motifs is 1. The molecule has 0 saturated carbocycles. The Balaban J connectivity index is 1.60. The van der Waals surface area contributed by atoms with Crippen molar-refractivity contribution < 1.29 is 0 Å². The SMILES string of the molecule is Cc1ccncc1CN(c1ccc2ccccc2c1)C1CCN(C(C)CCN)CC1. The molecule has 0 amide bonds. The van der Waals surface area contributed by atoms with Gasteiger partial charge in [-0.05, 0) is 79.8 Å². The first-order chi connectivity index (χ1) is 14.7. The van der Waals surface area contributed by atoms with Crippen molar-refractivity contribution in [3.8, 4) is 0 Å². The number of piperidine rings is 1. The average Bonchev–Trinajstić information content (AvgIpc) is 2.78. The summed E-state index contributed by atoms with van der Waals surface area (Å²) in [5.74, 6) is 0. The molecule has 0 bridgehead atoms. The van der Waals surface area contributed by atoms with Gasteiger partial charge in [0.2, 0.25) is 0 Å². The molecule has 4 nitrogen and oxygen atoms in total. The number of hydrogen-bond donors (Lipinski definition) is 1. The van der Waals surface area contributed by atoms with Crippen LogP contribution in [0.1, 0.15) is 37.3 Å². The summed E-state index contributed by atoms with van der Waals surface area (Å²) < 4.78 is 0. The van der Waals surface area contributed by atoms with Crippen LogP contribution in [-0.2, 0) is 6.54 Å². The van der Waals surface area contributed by atoms with Crippen LogP contribution >= 0.6 is 0 Å². The minimum atomic E-state index is 0.534. The third-order valence-electron chi connectivity index (χ3n) is 6.70. The summed E-state index contributed by atoms with van der Waals surface area (Å²) in [6.45, 7) is 8.45. The predicted molar refractivity (Wildman–Crippen MR) is 127 cm³/mol. The first-order valence-corrected chi connectivity index (χ1v) is 11.2. The molecule has 1 aromatic heterocycles. The maximum absolute atomic E-state index is 5.79. The van der Waals surface area contributed by atoms with E-state index in [9.17, 15) is 0 Å². The zero-order chi connectivity index (χ0) is 20.9. The van der Waals surface area contributed by atoms with Crippen molar-refractivity contribution in [2.45, 2.75) is 51.7 Å². The molecule has 1 aliphatic rings. The highest BCUT2D eigenvalue weighted by Crippen LogP contribution is 2.30. The Bertz CT molecular complexity index is 962. The molecule has 4 heteroatoms. The number of nitrogens with zero attached hydrogens (tertiary/aromatic N) is 3. The quantitative estimate of drug-likeness (QED) is 0.619. The summed E-state index contributed by atoms with van der Waals surface area (Å²) in [6, 6.07) is 18.8. The summed E-state index contributed by atoms with van der Waals surface area (Å²) in [5.41, 5.74) is 9.72. The summed E-state index contributed by atoms with van der Waals surface area (Å²) in [4.78, 5) is 9.62. The molecule has 2 heterocycles. The van der Waals surface area contributed by atoms with Crippen molar-refractivity contribution in [2.24, 2.45) is 5.73 Å². The normalized spacial score (nSPS) is 16.6. The molecule has 0 aliphatic carbocycles. The van der Waals surface area contributed by atoms with Gasteiger partial charge >= 0.3 is 0 Å². The second-order valence-corrected chi connectivity index (χ2v) is 8.66. The van der Waals surface area contributed by atoms with E-state index >= 15 is 0 Å². The second kappa shape index (κ2) is 9.59. The molecule has 0 spiro atoms. The molecule has 158 valence electrons. The molecule has 30 heavy (non-hydrogen) atoms. The lowest BCUT2D eigenvalue weighted by Crippen LogP contribution is -2.47. The van der Waals surface area contributed by atoms with E-state index in [-0.39, 0.29) is 0 Å². The maximum Gasteiger partial charge on any atom is 0.0450 e. The minimum Gasteiger partial charge on any atom is -0.364 e. The topological polar surface area (TPSA) is 45.4 Å². The highest BCUT2D eigenvalue weighted by Gasteiger charge is 2.27. The molecular weight excluding hydrogens is 368 g/mol. The fourth-order valence-electron chi connectivity index (χ4n) is 4.69. The van der Waals surface area contributed by atoms with Crippen LogP contribution in [0.15, 0.2) is 60.9 Å². The van der Waals surface area contributed by atoms with Crippen LogP contribution in [0.5, 0.6) is 0 Å². The number of nitrogens with two attached hydrogens (primary N) is 1. The molecule has 0 radical (unpaired) electrons. The fourth-order valence-corrected chi connectivity index (χ4v) is 4.69. The number of hydrogen-bond acceptors (Lipinski definition) is 4. The van der Waals surface area contributed by atoms with E-state index < -0.39 is 0 Å². The Morgan fingerprint density at radius 3 is 2.60 bits per heavy atom.